The van der Waals surface area contributed by atoms with Gasteiger partial charge in [0.05, 0.1) is 23.9 Å². The zero-order valence-corrected chi connectivity index (χ0v) is 22.0. The average Bonchev–Trinajstić information content (AvgIpc) is 3.31. The van der Waals surface area contributed by atoms with Crippen molar-refractivity contribution < 1.29 is 9.53 Å². The van der Waals surface area contributed by atoms with Crippen LogP contribution < -0.4 is 16.0 Å². The number of amidine groups is 1. The average molecular weight is 513 g/mol. The minimum Gasteiger partial charge on any atom is -0.474 e. The maximum Gasteiger partial charge on any atom is 0.226 e. The second-order valence-corrected chi connectivity index (χ2v) is 11.0. The van der Waals surface area contributed by atoms with Gasteiger partial charge >= 0.3 is 0 Å². The number of ether oxygens (including phenoxy) is 1. The minimum atomic E-state index is -0.431. The highest BCUT2D eigenvalue weighted by Crippen LogP contribution is 2.38. The fraction of sp³-hybridized carbons (Fsp3) is 0.630. The highest BCUT2D eigenvalue weighted by Gasteiger charge is 2.43. The molecule has 0 bridgehead atoms. The molecule has 3 N–H and O–H groups in total. The monoisotopic (exact) mass is 512 g/mol. The first-order chi connectivity index (χ1) is 17.3. The van der Waals surface area contributed by atoms with Gasteiger partial charge in [-0.05, 0) is 37.2 Å². The van der Waals surface area contributed by atoms with Gasteiger partial charge < -0.3 is 20.7 Å². The molecule has 36 heavy (non-hydrogen) atoms. The molecule has 8 nitrogen and oxygen atoms in total. The topological polar surface area (TPSA) is 111 Å². The maximum absolute atomic E-state index is 12.8. The number of fused-ring (bicyclic) bond motifs is 1. The number of amides is 1. The number of nitrogens with zero attached hydrogens (tertiary/aromatic N) is 3. The molecular weight excluding hydrogens is 476 g/mol. The standard InChI is InChI=1S/C27H37ClN6O2/c1-16(2)21-12-18(14-29)13-22-24(21)36-26(33-22)20-6-4-19(5-7-20)25(35)32-15-17(3)8-10-30-23-9-11-31-27(28)34-23/h4,6,9,11-12,16-17,19-22,24,27,31H,5,7-8,10,13,15H2,1-3H3,(H,30,34)(H,32,35). The summed E-state index contributed by atoms with van der Waals surface area (Å²) in [5.74, 6) is 2.51. The summed E-state index contributed by atoms with van der Waals surface area (Å²) in [4.78, 5) is 21.9. The van der Waals surface area contributed by atoms with Crippen LogP contribution >= 0.6 is 11.6 Å². The number of nitriles is 1. The molecule has 0 spiro atoms. The first-order valence-corrected chi connectivity index (χ1v) is 13.5. The van der Waals surface area contributed by atoms with Crippen LogP contribution in [-0.2, 0) is 9.53 Å². The van der Waals surface area contributed by atoms with Gasteiger partial charge in [0.2, 0.25) is 5.91 Å². The summed E-state index contributed by atoms with van der Waals surface area (Å²) in [6.45, 7) is 7.86. The highest BCUT2D eigenvalue weighted by molar-refractivity contribution is 6.21. The molecule has 4 aliphatic rings. The van der Waals surface area contributed by atoms with E-state index in [1.54, 1.807) is 6.20 Å². The van der Waals surface area contributed by atoms with E-state index < -0.39 is 5.62 Å². The third-order valence-electron chi connectivity index (χ3n) is 7.36. The molecule has 194 valence electrons. The second kappa shape index (κ2) is 12.0. The lowest BCUT2D eigenvalue weighted by Crippen LogP contribution is -2.37. The van der Waals surface area contributed by atoms with Crippen LogP contribution in [0.3, 0.4) is 0 Å². The van der Waals surface area contributed by atoms with Crippen molar-refractivity contribution in [3.8, 4) is 6.07 Å². The molecule has 4 rings (SSSR count). The number of aliphatic imine (C=N–C) groups is 2. The van der Waals surface area contributed by atoms with Crippen molar-refractivity contribution >= 4 is 29.2 Å². The molecule has 0 aromatic carbocycles. The lowest BCUT2D eigenvalue weighted by Gasteiger charge is -2.32. The van der Waals surface area contributed by atoms with Gasteiger partial charge in [-0.2, -0.15) is 5.26 Å². The summed E-state index contributed by atoms with van der Waals surface area (Å²) in [6, 6.07) is 2.34. The third-order valence-corrected chi connectivity index (χ3v) is 7.58. The Morgan fingerprint density at radius 3 is 2.83 bits per heavy atom. The zero-order chi connectivity index (χ0) is 25.7. The number of alkyl halides is 1. The van der Waals surface area contributed by atoms with Crippen molar-refractivity contribution in [3.05, 3.63) is 36.1 Å². The van der Waals surface area contributed by atoms with Crippen molar-refractivity contribution in [1.82, 2.24) is 16.0 Å². The van der Waals surface area contributed by atoms with E-state index in [2.05, 4.69) is 59.9 Å². The van der Waals surface area contributed by atoms with Gasteiger partial charge in [0.25, 0.3) is 0 Å². The maximum atomic E-state index is 12.8. The Hall–Kier alpha value is -2.79. The number of carbonyl (C=O) groups excluding carboxylic acids is 1. The molecule has 2 heterocycles. The largest absolute Gasteiger partial charge is 0.474 e. The summed E-state index contributed by atoms with van der Waals surface area (Å²) in [5, 5.41) is 18.7. The predicted octanol–water partition coefficient (Wildman–Crippen LogP) is 3.63. The highest BCUT2D eigenvalue weighted by atomic mass is 35.5. The number of nitrogens with one attached hydrogen (secondary N) is 3. The Bertz CT molecular complexity index is 1010. The van der Waals surface area contributed by atoms with E-state index in [4.69, 9.17) is 21.3 Å². The Balaban J connectivity index is 1.21. The molecule has 7 unspecified atom stereocenters. The van der Waals surface area contributed by atoms with E-state index in [1.165, 1.54) is 0 Å². The molecule has 0 radical (unpaired) electrons. The molecule has 0 fully saturated rings. The molecule has 2 aliphatic carbocycles. The first kappa shape index (κ1) is 26.3. The normalized spacial score (nSPS) is 31.7. The second-order valence-electron chi connectivity index (χ2n) is 10.5. The lowest BCUT2D eigenvalue weighted by atomic mass is 9.79. The Morgan fingerprint density at radius 2 is 2.14 bits per heavy atom. The van der Waals surface area contributed by atoms with Gasteiger partial charge in [-0.1, -0.05) is 50.6 Å². The van der Waals surface area contributed by atoms with Crippen molar-refractivity contribution in [1.29, 1.82) is 5.26 Å². The van der Waals surface area contributed by atoms with Gasteiger partial charge in [0.1, 0.15) is 11.9 Å². The van der Waals surface area contributed by atoms with Gasteiger partial charge in [0.15, 0.2) is 11.5 Å². The first-order valence-electron chi connectivity index (χ1n) is 13.0. The van der Waals surface area contributed by atoms with E-state index in [0.29, 0.717) is 24.8 Å². The summed E-state index contributed by atoms with van der Waals surface area (Å²) >= 11 is 5.94. The van der Waals surface area contributed by atoms with Crippen LogP contribution in [-0.4, -0.2) is 48.5 Å². The Kier molecular flexibility index (Phi) is 8.73. The molecular formula is C27H37ClN6O2. The van der Waals surface area contributed by atoms with Crippen molar-refractivity contribution in [2.45, 2.75) is 64.2 Å². The van der Waals surface area contributed by atoms with Gasteiger partial charge in [-0.15, -0.1) is 0 Å². The van der Waals surface area contributed by atoms with Crippen molar-refractivity contribution in [3.63, 3.8) is 0 Å². The molecule has 0 saturated carbocycles. The van der Waals surface area contributed by atoms with Crippen LogP contribution in [0.15, 0.2) is 46.1 Å². The van der Waals surface area contributed by atoms with Crippen molar-refractivity contribution in [2.75, 3.05) is 13.1 Å². The quantitative estimate of drug-likeness (QED) is 0.261. The van der Waals surface area contributed by atoms with E-state index in [-0.39, 0.29) is 35.8 Å². The van der Waals surface area contributed by atoms with Crippen LogP contribution in [0, 0.1) is 40.9 Å². The molecule has 7 atom stereocenters. The van der Waals surface area contributed by atoms with Crippen LogP contribution in [0.5, 0.6) is 0 Å². The molecule has 0 aromatic heterocycles. The molecule has 2 aliphatic heterocycles. The van der Waals surface area contributed by atoms with E-state index >= 15 is 0 Å². The molecule has 0 saturated heterocycles. The van der Waals surface area contributed by atoms with Crippen molar-refractivity contribution in [2.24, 2.45) is 39.6 Å². The molecule has 9 heteroatoms. The van der Waals surface area contributed by atoms with E-state index in [0.717, 1.165) is 43.1 Å². The number of hydrogen-bond donors (Lipinski definition) is 3. The third kappa shape index (κ3) is 6.50. The number of carbonyl (C=O) groups is 1. The van der Waals surface area contributed by atoms with E-state index in [9.17, 15) is 10.1 Å². The Labute approximate surface area is 219 Å². The SMILES string of the molecule is CC(CCNC1=NC(Cl)NC=C1)CNC(=O)C1C=CC(C2=NC3CC(C#N)=CC(C(C)C)C3O2)CC1. The van der Waals surface area contributed by atoms with E-state index in [1.807, 2.05) is 12.2 Å². The summed E-state index contributed by atoms with van der Waals surface area (Å²) in [7, 11) is 0. The van der Waals surface area contributed by atoms with Gasteiger partial charge in [-0.25, -0.2) is 9.98 Å². The summed E-state index contributed by atoms with van der Waals surface area (Å²) in [5.41, 5.74) is 0.379. The number of rotatable bonds is 8. The number of hydrogen-bond acceptors (Lipinski definition) is 7. The van der Waals surface area contributed by atoms with Crippen LogP contribution in [0.2, 0.25) is 0 Å². The van der Waals surface area contributed by atoms with Gasteiger partial charge in [-0.3, -0.25) is 4.79 Å². The summed E-state index contributed by atoms with van der Waals surface area (Å²) in [6.07, 6.45) is 13.0. The lowest BCUT2D eigenvalue weighted by molar-refractivity contribution is -0.124. The smallest absolute Gasteiger partial charge is 0.226 e. The fourth-order valence-electron chi connectivity index (χ4n) is 5.15. The predicted molar refractivity (Wildman–Crippen MR) is 142 cm³/mol. The summed E-state index contributed by atoms with van der Waals surface area (Å²) < 4.78 is 6.35. The Morgan fingerprint density at radius 1 is 1.31 bits per heavy atom. The van der Waals surface area contributed by atoms with Crippen LogP contribution in [0.25, 0.3) is 0 Å². The van der Waals surface area contributed by atoms with Crippen LogP contribution in [0.1, 0.15) is 46.5 Å². The van der Waals surface area contributed by atoms with Gasteiger partial charge in [0, 0.05) is 37.2 Å². The molecule has 1 amide bonds. The fourth-order valence-corrected chi connectivity index (χ4v) is 5.33. The van der Waals surface area contributed by atoms with Crippen LogP contribution in [0.4, 0.5) is 0 Å². The zero-order valence-electron chi connectivity index (χ0n) is 21.3. The minimum absolute atomic E-state index is 0.0109. The number of halogens is 1. The molecule has 0 aromatic rings.